The quantitative estimate of drug-likeness (QED) is 0.701. The Morgan fingerprint density at radius 3 is 2.67 bits per heavy atom. The number of nitrogens with one attached hydrogen (secondary N) is 2. The van der Waals surface area contributed by atoms with Crippen molar-refractivity contribution in [3.8, 4) is 0 Å². The van der Waals surface area contributed by atoms with E-state index in [1.54, 1.807) is 0 Å². The Morgan fingerprint density at radius 2 is 2.00 bits per heavy atom. The first-order chi connectivity index (χ1) is 7.34. The standard InChI is InChI=1S/C10H18N2O3/c13-10(12-9-2-4-15-7-9)11-5-8-1-3-14-6-8/h8-9H,1-7H2,(H2,11,12,13). The van der Waals surface area contributed by atoms with E-state index in [1.807, 2.05) is 0 Å². The Hall–Kier alpha value is -0.810. The van der Waals surface area contributed by atoms with Gasteiger partial charge in [-0.2, -0.15) is 0 Å². The van der Waals surface area contributed by atoms with Crippen molar-refractivity contribution in [1.82, 2.24) is 10.6 Å². The van der Waals surface area contributed by atoms with Crippen LogP contribution in [0.15, 0.2) is 0 Å². The molecule has 2 rings (SSSR count). The van der Waals surface area contributed by atoms with Crippen LogP contribution in [0.5, 0.6) is 0 Å². The highest BCUT2D eigenvalue weighted by Gasteiger charge is 2.19. The van der Waals surface area contributed by atoms with E-state index in [-0.39, 0.29) is 12.1 Å². The van der Waals surface area contributed by atoms with Gasteiger partial charge in [-0.3, -0.25) is 0 Å². The van der Waals surface area contributed by atoms with Crippen molar-refractivity contribution in [3.63, 3.8) is 0 Å². The van der Waals surface area contributed by atoms with Gasteiger partial charge in [0.05, 0.1) is 19.3 Å². The zero-order chi connectivity index (χ0) is 10.5. The van der Waals surface area contributed by atoms with Crippen molar-refractivity contribution >= 4 is 6.03 Å². The van der Waals surface area contributed by atoms with Crippen molar-refractivity contribution in [2.75, 3.05) is 33.0 Å². The molecule has 2 saturated heterocycles. The molecule has 2 N–H and O–H groups in total. The second-order valence-electron chi connectivity index (χ2n) is 4.14. The summed E-state index contributed by atoms with van der Waals surface area (Å²) >= 11 is 0. The second-order valence-corrected chi connectivity index (χ2v) is 4.14. The Balaban J connectivity index is 1.59. The molecule has 5 nitrogen and oxygen atoms in total. The van der Waals surface area contributed by atoms with E-state index in [1.165, 1.54) is 0 Å². The van der Waals surface area contributed by atoms with E-state index in [2.05, 4.69) is 10.6 Å². The average Bonchev–Trinajstić information content (AvgIpc) is 2.86. The molecule has 0 aromatic carbocycles. The van der Waals surface area contributed by atoms with Crippen molar-refractivity contribution in [1.29, 1.82) is 0 Å². The zero-order valence-electron chi connectivity index (χ0n) is 8.83. The number of amides is 2. The van der Waals surface area contributed by atoms with Crippen LogP contribution in [0.1, 0.15) is 12.8 Å². The van der Waals surface area contributed by atoms with Gasteiger partial charge in [-0.1, -0.05) is 0 Å². The lowest BCUT2D eigenvalue weighted by atomic mass is 10.1. The van der Waals surface area contributed by atoms with E-state index in [0.717, 1.165) is 32.7 Å². The number of hydrogen-bond acceptors (Lipinski definition) is 3. The highest BCUT2D eigenvalue weighted by Crippen LogP contribution is 2.10. The fourth-order valence-corrected chi connectivity index (χ4v) is 1.87. The number of rotatable bonds is 3. The van der Waals surface area contributed by atoms with Gasteiger partial charge in [0, 0.05) is 25.7 Å². The molecular formula is C10H18N2O3. The van der Waals surface area contributed by atoms with Gasteiger partial charge in [0.15, 0.2) is 0 Å². The summed E-state index contributed by atoms with van der Waals surface area (Å²) in [6.07, 6.45) is 1.97. The van der Waals surface area contributed by atoms with Gasteiger partial charge in [-0.25, -0.2) is 4.79 Å². The number of urea groups is 1. The summed E-state index contributed by atoms with van der Waals surface area (Å²) < 4.78 is 10.4. The first-order valence-electron chi connectivity index (χ1n) is 5.54. The molecule has 86 valence electrons. The minimum atomic E-state index is -0.0857. The van der Waals surface area contributed by atoms with E-state index >= 15 is 0 Å². The largest absolute Gasteiger partial charge is 0.381 e. The number of hydrogen-bond donors (Lipinski definition) is 2. The molecule has 15 heavy (non-hydrogen) atoms. The molecule has 0 aromatic heterocycles. The predicted octanol–water partition coefficient (Wildman–Crippen LogP) is 0.111. The molecule has 2 aliphatic rings. The van der Waals surface area contributed by atoms with Crippen LogP contribution in [0.2, 0.25) is 0 Å². The summed E-state index contributed by atoms with van der Waals surface area (Å²) in [5.41, 5.74) is 0. The molecule has 0 saturated carbocycles. The lowest BCUT2D eigenvalue weighted by molar-refractivity contribution is 0.183. The van der Waals surface area contributed by atoms with Gasteiger partial charge < -0.3 is 20.1 Å². The van der Waals surface area contributed by atoms with Crippen LogP contribution in [0.3, 0.4) is 0 Å². The van der Waals surface area contributed by atoms with E-state index in [9.17, 15) is 4.79 Å². The maximum Gasteiger partial charge on any atom is 0.315 e. The summed E-state index contributed by atoms with van der Waals surface area (Å²) in [5.74, 6) is 0.482. The molecular weight excluding hydrogens is 196 g/mol. The average molecular weight is 214 g/mol. The molecule has 0 bridgehead atoms. The summed E-state index contributed by atoms with van der Waals surface area (Å²) in [6.45, 7) is 3.69. The summed E-state index contributed by atoms with van der Waals surface area (Å²) in [6, 6.07) is 0.0993. The molecule has 2 unspecified atom stereocenters. The molecule has 2 fully saturated rings. The van der Waals surface area contributed by atoms with Crippen LogP contribution >= 0.6 is 0 Å². The monoisotopic (exact) mass is 214 g/mol. The summed E-state index contributed by atoms with van der Waals surface area (Å²) in [5, 5.41) is 5.75. The predicted molar refractivity (Wildman–Crippen MR) is 54.7 cm³/mol. The van der Waals surface area contributed by atoms with Crippen LogP contribution in [0, 0.1) is 5.92 Å². The maximum atomic E-state index is 11.4. The summed E-state index contributed by atoms with van der Waals surface area (Å²) in [4.78, 5) is 11.4. The highest BCUT2D eigenvalue weighted by molar-refractivity contribution is 5.74. The van der Waals surface area contributed by atoms with Crippen molar-refractivity contribution in [3.05, 3.63) is 0 Å². The Labute approximate surface area is 89.5 Å². The number of carbonyl (C=O) groups is 1. The van der Waals surface area contributed by atoms with Crippen molar-refractivity contribution in [2.45, 2.75) is 18.9 Å². The summed E-state index contributed by atoms with van der Waals surface area (Å²) in [7, 11) is 0. The second kappa shape index (κ2) is 5.32. The molecule has 0 radical (unpaired) electrons. The third kappa shape index (κ3) is 3.35. The molecule has 0 aliphatic carbocycles. The normalized spacial score (nSPS) is 30.4. The van der Waals surface area contributed by atoms with Gasteiger partial charge in [0.25, 0.3) is 0 Å². The number of ether oxygens (including phenoxy) is 2. The van der Waals surface area contributed by atoms with Crippen LogP contribution in [0.25, 0.3) is 0 Å². The van der Waals surface area contributed by atoms with Crippen LogP contribution in [-0.2, 0) is 9.47 Å². The minimum absolute atomic E-state index is 0.0857. The maximum absolute atomic E-state index is 11.4. The highest BCUT2D eigenvalue weighted by atomic mass is 16.5. The molecule has 2 aliphatic heterocycles. The van der Waals surface area contributed by atoms with Crippen LogP contribution in [0.4, 0.5) is 4.79 Å². The lowest BCUT2D eigenvalue weighted by Crippen LogP contribution is -2.43. The van der Waals surface area contributed by atoms with Gasteiger partial charge in [0.1, 0.15) is 0 Å². The van der Waals surface area contributed by atoms with E-state index in [0.29, 0.717) is 19.1 Å². The molecule has 2 atom stereocenters. The Kier molecular flexibility index (Phi) is 3.80. The van der Waals surface area contributed by atoms with Gasteiger partial charge in [0.2, 0.25) is 0 Å². The molecule has 2 amide bonds. The van der Waals surface area contributed by atoms with E-state index in [4.69, 9.17) is 9.47 Å². The van der Waals surface area contributed by atoms with E-state index < -0.39 is 0 Å². The molecule has 5 heteroatoms. The fraction of sp³-hybridized carbons (Fsp3) is 0.900. The fourth-order valence-electron chi connectivity index (χ4n) is 1.87. The van der Waals surface area contributed by atoms with Gasteiger partial charge in [-0.15, -0.1) is 0 Å². The van der Waals surface area contributed by atoms with Gasteiger partial charge >= 0.3 is 6.03 Å². The SMILES string of the molecule is O=C(NCC1CCOC1)NC1CCOC1. The number of carbonyl (C=O) groups excluding carboxylic acids is 1. The Bertz CT molecular complexity index is 211. The third-order valence-electron chi connectivity index (χ3n) is 2.84. The smallest absolute Gasteiger partial charge is 0.315 e. The Morgan fingerprint density at radius 1 is 1.20 bits per heavy atom. The topological polar surface area (TPSA) is 59.6 Å². The van der Waals surface area contributed by atoms with Crippen molar-refractivity contribution < 1.29 is 14.3 Å². The molecule has 0 aromatic rings. The van der Waals surface area contributed by atoms with Crippen LogP contribution < -0.4 is 10.6 Å². The first-order valence-corrected chi connectivity index (χ1v) is 5.54. The molecule has 0 spiro atoms. The third-order valence-corrected chi connectivity index (χ3v) is 2.84. The van der Waals surface area contributed by atoms with Crippen LogP contribution in [-0.4, -0.2) is 45.0 Å². The molecule has 2 heterocycles. The first kappa shape index (κ1) is 10.7. The van der Waals surface area contributed by atoms with Crippen molar-refractivity contribution in [2.24, 2.45) is 5.92 Å². The minimum Gasteiger partial charge on any atom is -0.381 e. The lowest BCUT2D eigenvalue weighted by Gasteiger charge is -2.13. The zero-order valence-corrected chi connectivity index (χ0v) is 8.83. The van der Waals surface area contributed by atoms with Gasteiger partial charge in [-0.05, 0) is 12.8 Å².